The molecule has 3 amide bonds. The molecule has 0 saturated heterocycles. The predicted octanol–water partition coefficient (Wildman–Crippen LogP) is 1.69. The van der Waals surface area contributed by atoms with E-state index >= 15 is 0 Å². The Balaban J connectivity index is 2.44. The third-order valence-electron chi connectivity index (χ3n) is 3.12. The summed E-state index contributed by atoms with van der Waals surface area (Å²) in [7, 11) is 0. The fraction of sp³-hybridized carbons (Fsp3) is 0.200. The first-order chi connectivity index (χ1) is 11.4. The molecule has 128 valence electrons. The molecule has 0 bridgehead atoms. The highest BCUT2D eigenvalue weighted by Gasteiger charge is 2.17. The van der Waals surface area contributed by atoms with Crippen molar-refractivity contribution in [1.82, 2.24) is 4.98 Å². The van der Waals surface area contributed by atoms with Crippen LogP contribution in [-0.2, 0) is 0 Å². The summed E-state index contributed by atoms with van der Waals surface area (Å²) in [5.74, 6) is -0.145. The zero-order valence-corrected chi connectivity index (χ0v) is 13.4. The summed E-state index contributed by atoms with van der Waals surface area (Å²) < 4.78 is 5.61. The topological polar surface area (TPSA) is 143 Å². The first-order valence-corrected chi connectivity index (χ1v) is 7.43. The summed E-state index contributed by atoms with van der Waals surface area (Å²) in [6, 6.07) is 5.59. The van der Waals surface area contributed by atoms with Gasteiger partial charge in [0.1, 0.15) is 11.6 Å². The van der Waals surface area contributed by atoms with Crippen LogP contribution in [0.4, 0.5) is 10.6 Å². The van der Waals surface area contributed by atoms with Gasteiger partial charge in [0.25, 0.3) is 5.91 Å². The Labute approximate surface area is 142 Å². The van der Waals surface area contributed by atoms with E-state index in [0.717, 1.165) is 0 Å². The number of ether oxygens (including phenoxy) is 1. The molecular weight excluding hydrogens is 336 g/mol. The van der Waals surface area contributed by atoms with E-state index in [4.69, 9.17) is 32.9 Å². The first-order valence-electron chi connectivity index (χ1n) is 7.05. The number of anilines is 1. The maximum atomic E-state index is 11.5. The van der Waals surface area contributed by atoms with Crippen molar-refractivity contribution in [1.29, 1.82) is 0 Å². The second kappa shape index (κ2) is 7.71. The van der Waals surface area contributed by atoms with E-state index in [-0.39, 0.29) is 18.0 Å². The van der Waals surface area contributed by atoms with Crippen molar-refractivity contribution in [3.63, 3.8) is 0 Å². The highest BCUT2D eigenvalue weighted by atomic mass is 35.5. The molecule has 0 fully saturated rings. The molecule has 2 aromatic rings. The summed E-state index contributed by atoms with van der Waals surface area (Å²) in [6.45, 7) is 0.310. The van der Waals surface area contributed by atoms with Crippen LogP contribution >= 0.6 is 11.6 Å². The fourth-order valence-corrected chi connectivity index (χ4v) is 2.27. The van der Waals surface area contributed by atoms with Crippen molar-refractivity contribution in [3.8, 4) is 17.0 Å². The SMILES string of the molecule is NC(=O)Nc1[nH]c(-c2cc(Cl)ccc2OCCCO)cc1C(N)=O. The third-order valence-corrected chi connectivity index (χ3v) is 3.36. The summed E-state index contributed by atoms with van der Waals surface area (Å²) in [5.41, 5.74) is 11.5. The van der Waals surface area contributed by atoms with Crippen LogP contribution in [-0.4, -0.2) is 35.2 Å². The number of aromatic amines is 1. The number of carbonyl (C=O) groups excluding carboxylic acids is 2. The fourth-order valence-electron chi connectivity index (χ4n) is 2.10. The average molecular weight is 353 g/mol. The summed E-state index contributed by atoms with van der Waals surface area (Å²) >= 11 is 6.03. The van der Waals surface area contributed by atoms with Gasteiger partial charge < -0.3 is 26.3 Å². The number of urea groups is 1. The molecule has 1 aromatic heterocycles. The van der Waals surface area contributed by atoms with E-state index in [0.29, 0.717) is 35.1 Å². The second-order valence-electron chi connectivity index (χ2n) is 4.89. The normalized spacial score (nSPS) is 10.4. The average Bonchev–Trinajstić information content (AvgIpc) is 2.92. The van der Waals surface area contributed by atoms with Gasteiger partial charge >= 0.3 is 6.03 Å². The molecule has 9 heteroatoms. The molecule has 1 aromatic carbocycles. The number of aliphatic hydroxyl groups is 1. The lowest BCUT2D eigenvalue weighted by molar-refractivity contribution is 0.100. The number of rotatable bonds is 7. The van der Waals surface area contributed by atoms with Gasteiger partial charge in [0.15, 0.2) is 0 Å². The van der Waals surface area contributed by atoms with E-state index in [1.165, 1.54) is 6.07 Å². The number of hydrogen-bond donors (Lipinski definition) is 5. The number of nitrogens with two attached hydrogens (primary N) is 2. The molecule has 7 N–H and O–H groups in total. The van der Waals surface area contributed by atoms with Gasteiger partial charge in [-0.3, -0.25) is 10.1 Å². The monoisotopic (exact) mass is 352 g/mol. The van der Waals surface area contributed by atoms with Crippen molar-refractivity contribution in [3.05, 3.63) is 34.9 Å². The molecule has 0 radical (unpaired) electrons. The van der Waals surface area contributed by atoms with Gasteiger partial charge in [0, 0.05) is 23.6 Å². The van der Waals surface area contributed by atoms with E-state index in [2.05, 4.69) is 10.3 Å². The van der Waals surface area contributed by atoms with Crippen molar-refractivity contribution >= 4 is 29.4 Å². The molecule has 8 nitrogen and oxygen atoms in total. The standard InChI is InChI=1S/C15H17ClN4O4/c16-8-2-3-12(24-5-1-4-21)9(6-8)11-7-10(13(17)22)14(19-11)20-15(18)23/h2-3,6-7,19,21H,1,4-5H2,(H2,17,22)(H3,18,20,23). The highest BCUT2D eigenvalue weighted by molar-refractivity contribution is 6.31. The number of nitrogens with one attached hydrogen (secondary N) is 2. The van der Waals surface area contributed by atoms with E-state index in [1.54, 1.807) is 18.2 Å². The van der Waals surface area contributed by atoms with Crippen molar-refractivity contribution in [2.45, 2.75) is 6.42 Å². The van der Waals surface area contributed by atoms with Crippen LogP contribution in [0.1, 0.15) is 16.8 Å². The van der Waals surface area contributed by atoms with Crippen LogP contribution in [0.25, 0.3) is 11.3 Å². The van der Waals surface area contributed by atoms with Gasteiger partial charge in [-0.05, 0) is 24.3 Å². The Morgan fingerprint density at radius 2 is 2.04 bits per heavy atom. The van der Waals surface area contributed by atoms with Crippen LogP contribution in [0, 0.1) is 0 Å². The Morgan fingerprint density at radius 1 is 1.29 bits per heavy atom. The number of hydrogen-bond acceptors (Lipinski definition) is 4. The lowest BCUT2D eigenvalue weighted by Crippen LogP contribution is -2.22. The quantitative estimate of drug-likeness (QED) is 0.483. The third kappa shape index (κ3) is 4.18. The lowest BCUT2D eigenvalue weighted by atomic mass is 10.1. The molecule has 0 aliphatic rings. The smallest absolute Gasteiger partial charge is 0.317 e. The Morgan fingerprint density at radius 3 is 2.67 bits per heavy atom. The molecule has 1 heterocycles. The number of benzene rings is 1. The van der Waals surface area contributed by atoms with E-state index < -0.39 is 11.9 Å². The first kappa shape index (κ1) is 17.6. The molecule has 0 aliphatic carbocycles. The number of primary amides is 2. The molecule has 0 aliphatic heterocycles. The maximum Gasteiger partial charge on any atom is 0.317 e. The number of H-pyrrole nitrogens is 1. The van der Waals surface area contributed by atoms with Crippen molar-refractivity contribution in [2.24, 2.45) is 11.5 Å². The van der Waals surface area contributed by atoms with E-state index in [1.807, 2.05) is 0 Å². The number of halogens is 1. The highest BCUT2D eigenvalue weighted by Crippen LogP contribution is 2.34. The minimum atomic E-state index is -0.837. The minimum Gasteiger partial charge on any atom is -0.493 e. The molecular formula is C15H17ClN4O4. The summed E-state index contributed by atoms with van der Waals surface area (Å²) in [5, 5.41) is 11.6. The molecule has 24 heavy (non-hydrogen) atoms. The van der Waals surface area contributed by atoms with Crippen LogP contribution in [0.5, 0.6) is 5.75 Å². The van der Waals surface area contributed by atoms with E-state index in [9.17, 15) is 9.59 Å². The molecule has 0 spiro atoms. The predicted molar refractivity (Wildman–Crippen MR) is 90.2 cm³/mol. The van der Waals surface area contributed by atoms with Gasteiger partial charge in [0.05, 0.1) is 17.9 Å². The Bertz CT molecular complexity index is 760. The van der Waals surface area contributed by atoms with Gasteiger partial charge in [-0.2, -0.15) is 0 Å². The van der Waals surface area contributed by atoms with Gasteiger partial charge in [-0.25, -0.2) is 4.79 Å². The Kier molecular flexibility index (Phi) is 5.67. The van der Waals surface area contributed by atoms with Gasteiger partial charge in [-0.15, -0.1) is 0 Å². The lowest BCUT2D eigenvalue weighted by Gasteiger charge is -2.10. The molecule has 2 rings (SSSR count). The van der Waals surface area contributed by atoms with Gasteiger partial charge in [0.2, 0.25) is 0 Å². The molecule has 0 saturated carbocycles. The Hall–Kier alpha value is -2.71. The number of amides is 3. The number of carbonyl (C=O) groups is 2. The van der Waals surface area contributed by atoms with Crippen LogP contribution < -0.4 is 21.5 Å². The van der Waals surface area contributed by atoms with Crippen molar-refractivity contribution in [2.75, 3.05) is 18.5 Å². The maximum absolute atomic E-state index is 11.5. The summed E-state index contributed by atoms with van der Waals surface area (Å²) in [6.07, 6.45) is 0.466. The van der Waals surface area contributed by atoms with Gasteiger partial charge in [-0.1, -0.05) is 11.6 Å². The number of aromatic nitrogens is 1. The summed E-state index contributed by atoms with van der Waals surface area (Å²) in [4.78, 5) is 25.5. The molecule has 0 unspecified atom stereocenters. The van der Waals surface area contributed by atoms with Crippen LogP contribution in [0.2, 0.25) is 5.02 Å². The van der Waals surface area contributed by atoms with Crippen molar-refractivity contribution < 1.29 is 19.4 Å². The zero-order chi connectivity index (χ0) is 17.7. The van der Waals surface area contributed by atoms with Crippen LogP contribution in [0.15, 0.2) is 24.3 Å². The second-order valence-corrected chi connectivity index (χ2v) is 5.33. The largest absolute Gasteiger partial charge is 0.493 e. The number of aliphatic hydroxyl groups excluding tert-OH is 1. The minimum absolute atomic E-state index is 0.00390. The molecule has 0 atom stereocenters. The van der Waals surface area contributed by atoms with Crippen LogP contribution in [0.3, 0.4) is 0 Å². The zero-order valence-electron chi connectivity index (χ0n) is 12.6.